The number of carbonyl (C=O) groups excluding carboxylic acids is 1. The molecule has 0 bridgehead atoms. The summed E-state index contributed by atoms with van der Waals surface area (Å²) >= 11 is 1.47. The zero-order valence-electron chi connectivity index (χ0n) is 8.32. The molecule has 0 aromatic carbocycles. The summed E-state index contributed by atoms with van der Waals surface area (Å²) in [4.78, 5) is 15.5. The second-order valence-corrected chi connectivity index (χ2v) is 4.89. The Morgan fingerprint density at radius 2 is 2.50 bits per heavy atom. The van der Waals surface area contributed by atoms with E-state index in [-0.39, 0.29) is 5.97 Å². The van der Waals surface area contributed by atoms with Crippen LogP contribution in [0.15, 0.2) is 5.38 Å². The van der Waals surface area contributed by atoms with Crippen LogP contribution in [-0.2, 0) is 4.74 Å². The van der Waals surface area contributed by atoms with Crippen molar-refractivity contribution >= 4 is 17.3 Å². The lowest BCUT2D eigenvalue weighted by Gasteiger charge is -2.00. The third kappa shape index (κ3) is 2.12. The molecule has 1 aliphatic carbocycles. The quantitative estimate of drug-likeness (QED) is 0.720. The van der Waals surface area contributed by atoms with Gasteiger partial charge < -0.3 is 4.74 Å². The van der Waals surface area contributed by atoms with Crippen molar-refractivity contribution in [2.75, 3.05) is 6.61 Å². The normalized spacial score (nSPS) is 24.7. The summed E-state index contributed by atoms with van der Waals surface area (Å²) < 4.78 is 5.14. The number of aryl methyl sites for hydroxylation is 1. The van der Waals surface area contributed by atoms with Crippen molar-refractivity contribution in [3.8, 4) is 0 Å². The molecule has 0 unspecified atom stereocenters. The van der Waals surface area contributed by atoms with Crippen LogP contribution in [0.25, 0.3) is 0 Å². The van der Waals surface area contributed by atoms with E-state index in [0.29, 0.717) is 18.2 Å². The fourth-order valence-electron chi connectivity index (χ4n) is 1.35. The van der Waals surface area contributed by atoms with Crippen LogP contribution in [0.4, 0.5) is 0 Å². The Morgan fingerprint density at radius 1 is 1.79 bits per heavy atom. The molecule has 2 atom stereocenters. The van der Waals surface area contributed by atoms with Crippen molar-refractivity contribution in [2.45, 2.75) is 20.3 Å². The molecule has 0 radical (unpaired) electrons. The van der Waals surface area contributed by atoms with Crippen LogP contribution < -0.4 is 0 Å². The number of hydrogen-bond acceptors (Lipinski definition) is 4. The first kappa shape index (κ1) is 9.65. The van der Waals surface area contributed by atoms with Crippen molar-refractivity contribution in [3.63, 3.8) is 0 Å². The highest BCUT2D eigenvalue weighted by molar-refractivity contribution is 7.09. The van der Waals surface area contributed by atoms with Crippen LogP contribution in [0, 0.1) is 18.8 Å². The van der Waals surface area contributed by atoms with E-state index >= 15 is 0 Å². The van der Waals surface area contributed by atoms with E-state index in [9.17, 15) is 4.79 Å². The number of rotatable bonds is 3. The van der Waals surface area contributed by atoms with E-state index in [0.717, 1.165) is 10.9 Å². The van der Waals surface area contributed by atoms with Crippen LogP contribution in [0.1, 0.15) is 28.8 Å². The number of esters is 1. The number of thiazole rings is 1. The minimum absolute atomic E-state index is 0.284. The molecule has 0 spiro atoms. The van der Waals surface area contributed by atoms with Gasteiger partial charge in [-0.15, -0.1) is 11.3 Å². The molecule has 2 rings (SSSR count). The summed E-state index contributed by atoms with van der Waals surface area (Å²) in [5, 5.41) is 2.64. The lowest BCUT2D eigenvalue weighted by molar-refractivity contribution is 0.0475. The Kier molecular flexibility index (Phi) is 2.54. The first-order valence-electron chi connectivity index (χ1n) is 4.76. The summed E-state index contributed by atoms with van der Waals surface area (Å²) in [5.41, 5.74) is 0.445. The molecular formula is C10H13NO2S. The van der Waals surface area contributed by atoms with Crippen LogP contribution in [0.5, 0.6) is 0 Å². The molecule has 4 heteroatoms. The lowest BCUT2D eigenvalue weighted by atomic mass is 10.4. The summed E-state index contributed by atoms with van der Waals surface area (Å²) in [6.07, 6.45) is 1.18. The van der Waals surface area contributed by atoms with Crippen LogP contribution in [0.3, 0.4) is 0 Å². The van der Waals surface area contributed by atoms with Gasteiger partial charge in [0.25, 0.3) is 0 Å². The van der Waals surface area contributed by atoms with E-state index in [1.54, 1.807) is 5.38 Å². The number of ether oxygens (including phenoxy) is 1. The van der Waals surface area contributed by atoms with Gasteiger partial charge in [-0.1, -0.05) is 6.92 Å². The zero-order valence-corrected chi connectivity index (χ0v) is 9.13. The topological polar surface area (TPSA) is 39.2 Å². The highest BCUT2D eigenvalue weighted by Crippen LogP contribution is 2.37. The van der Waals surface area contributed by atoms with Gasteiger partial charge in [-0.3, -0.25) is 0 Å². The van der Waals surface area contributed by atoms with E-state index in [4.69, 9.17) is 4.74 Å². The van der Waals surface area contributed by atoms with Gasteiger partial charge in [-0.25, -0.2) is 9.78 Å². The van der Waals surface area contributed by atoms with Crippen LogP contribution in [0.2, 0.25) is 0 Å². The van der Waals surface area contributed by atoms with E-state index in [1.165, 1.54) is 17.8 Å². The summed E-state index contributed by atoms with van der Waals surface area (Å²) in [7, 11) is 0. The third-order valence-electron chi connectivity index (χ3n) is 2.53. The Morgan fingerprint density at radius 3 is 3.00 bits per heavy atom. The zero-order chi connectivity index (χ0) is 10.1. The highest BCUT2D eigenvalue weighted by Gasteiger charge is 2.33. The molecule has 0 amide bonds. The molecule has 0 N–H and O–H groups in total. The monoisotopic (exact) mass is 211 g/mol. The summed E-state index contributed by atoms with van der Waals surface area (Å²) in [6, 6.07) is 0. The van der Waals surface area contributed by atoms with Crippen molar-refractivity contribution in [1.29, 1.82) is 0 Å². The molecule has 1 aromatic rings. The second-order valence-electron chi connectivity index (χ2n) is 3.82. The van der Waals surface area contributed by atoms with Crippen molar-refractivity contribution < 1.29 is 9.53 Å². The van der Waals surface area contributed by atoms with Crippen LogP contribution in [-0.4, -0.2) is 17.6 Å². The maximum absolute atomic E-state index is 11.4. The van der Waals surface area contributed by atoms with Crippen molar-refractivity contribution in [3.05, 3.63) is 16.1 Å². The number of aromatic nitrogens is 1. The second kappa shape index (κ2) is 3.69. The van der Waals surface area contributed by atoms with Gasteiger partial charge in [0.15, 0.2) is 5.69 Å². The van der Waals surface area contributed by atoms with Crippen molar-refractivity contribution in [1.82, 2.24) is 4.98 Å². The van der Waals surface area contributed by atoms with Crippen LogP contribution >= 0.6 is 11.3 Å². The Balaban J connectivity index is 1.83. The Labute approximate surface area is 87.1 Å². The Hall–Kier alpha value is -0.900. The Bertz CT molecular complexity index is 348. The van der Waals surface area contributed by atoms with E-state index < -0.39 is 0 Å². The molecular weight excluding hydrogens is 198 g/mol. The average Bonchev–Trinajstić information content (AvgIpc) is 2.66. The maximum Gasteiger partial charge on any atom is 0.357 e. The van der Waals surface area contributed by atoms with Gasteiger partial charge in [0, 0.05) is 5.38 Å². The number of hydrogen-bond donors (Lipinski definition) is 0. The molecule has 0 aliphatic heterocycles. The average molecular weight is 211 g/mol. The molecule has 76 valence electrons. The fraction of sp³-hybridized carbons (Fsp3) is 0.600. The molecule has 1 aromatic heterocycles. The molecule has 1 aliphatic rings. The molecule has 14 heavy (non-hydrogen) atoms. The van der Waals surface area contributed by atoms with Gasteiger partial charge in [0.2, 0.25) is 0 Å². The van der Waals surface area contributed by atoms with E-state index in [2.05, 4.69) is 11.9 Å². The largest absolute Gasteiger partial charge is 0.461 e. The molecule has 1 saturated carbocycles. The number of nitrogens with zero attached hydrogens (tertiary/aromatic N) is 1. The minimum atomic E-state index is -0.284. The first-order valence-corrected chi connectivity index (χ1v) is 5.64. The smallest absolute Gasteiger partial charge is 0.357 e. The third-order valence-corrected chi connectivity index (χ3v) is 3.31. The highest BCUT2D eigenvalue weighted by atomic mass is 32.1. The van der Waals surface area contributed by atoms with Crippen molar-refractivity contribution in [2.24, 2.45) is 11.8 Å². The minimum Gasteiger partial charge on any atom is -0.461 e. The summed E-state index contributed by atoms with van der Waals surface area (Å²) in [6.45, 7) is 4.60. The molecule has 0 saturated heterocycles. The standard InChI is InChI=1S/C10H13NO2S/c1-6-3-8(6)4-13-10(12)9-5-14-7(2)11-9/h5-6,8H,3-4H2,1-2H3/t6-,8-/m0/s1. The maximum atomic E-state index is 11.4. The first-order chi connectivity index (χ1) is 6.66. The summed E-state index contributed by atoms with van der Waals surface area (Å²) in [5.74, 6) is 1.02. The van der Waals surface area contributed by atoms with Gasteiger partial charge in [-0.2, -0.15) is 0 Å². The van der Waals surface area contributed by atoms with Gasteiger partial charge in [0.1, 0.15) is 0 Å². The molecule has 3 nitrogen and oxygen atoms in total. The fourth-order valence-corrected chi connectivity index (χ4v) is 1.93. The SMILES string of the molecule is Cc1nc(C(=O)OC[C@@H]2C[C@@H]2C)cs1. The lowest BCUT2D eigenvalue weighted by Crippen LogP contribution is -2.08. The van der Waals surface area contributed by atoms with Gasteiger partial charge in [0.05, 0.1) is 11.6 Å². The molecule has 1 heterocycles. The molecule has 1 fully saturated rings. The van der Waals surface area contributed by atoms with Gasteiger partial charge >= 0.3 is 5.97 Å². The van der Waals surface area contributed by atoms with Gasteiger partial charge in [-0.05, 0) is 25.2 Å². The predicted octanol–water partition coefficient (Wildman–Crippen LogP) is 2.26. The number of carbonyl (C=O) groups is 1. The predicted molar refractivity (Wildman–Crippen MR) is 54.4 cm³/mol. The van der Waals surface area contributed by atoms with E-state index in [1.807, 2.05) is 6.92 Å².